The highest BCUT2D eigenvalue weighted by molar-refractivity contribution is 6.05. The molecule has 0 bridgehead atoms. The van der Waals surface area contributed by atoms with E-state index in [0.717, 1.165) is 11.2 Å². The Morgan fingerprint density at radius 2 is 1.76 bits per heavy atom. The van der Waals surface area contributed by atoms with Crippen molar-refractivity contribution in [2.75, 3.05) is 5.32 Å². The van der Waals surface area contributed by atoms with E-state index in [2.05, 4.69) is 15.4 Å². The predicted molar refractivity (Wildman–Crippen MR) is 110 cm³/mol. The molecule has 4 heterocycles. The maximum Gasteiger partial charge on any atom is 0.258 e. The number of carbonyl (C=O) groups excluding carboxylic acids is 1. The Morgan fingerprint density at radius 3 is 2.52 bits per heavy atom. The summed E-state index contributed by atoms with van der Waals surface area (Å²) in [6.07, 6.45) is 6.89. The molecule has 4 aromatic heterocycles. The lowest BCUT2D eigenvalue weighted by molar-refractivity contribution is 0.102. The number of hydrogen-bond donors (Lipinski definition) is 1. The topological polar surface area (TPSA) is 77.1 Å². The Hall–Kier alpha value is -4.26. The number of hydrogen-bond acceptors (Lipinski definition) is 4. The van der Waals surface area contributed by atoms with Crippen LogP contribution in [0.1, 0.15) is 10.4 Å². The van der Waals surface area contributed by atoms with Gasteiger partial charge in [-0.1, -0.05) is 36.4 Å². The van der Waals surface area contributed by atoms with Crippen LogP contribution < -0.4 is 5.32 Å². The molecule has 0 unspecified atom stereocenters. The Bertz CT molecular complexity index is 1270. The van der Waals surface area contributed by atoms with E-state index in [9.17, 15) is 4.79 Å². The van der Waals surface area contributed by atoms with Gasteiger partial charge in [0.25, 0.3) is 5.91 Å². The number of carbonyl (C=O) groups is 1. The molecule has 0 saturated heterocycles. The quantitative estimate of drug-likeness (QED) is 0.514. The number of amides is 1. The predicted octanol–water partition coefficient (Wildman–Crippen LogP) is 3.83. The van der Waals surface area contributed by atoms with Gasteiger partial charge >= 0.3 is 0 Å². The van der Waals surface area contributed by atoms with E-state index in [4.69, 9.17) is 4.98 Å². The number of nitrogens with zero attached hydrogens (tertiary/aromatic N) is 5. The second-order valence-electron chi connectivity index (χ2n) is 6.41. The van der Waals surface area contributed by atoms with Crippen molar-refractivity contribution in [1.82, 2.24) is 24.1 Å². The molecule has 0 aliphatic heterocycles. The summed E-state index contributed by atoms with van der Waals surface area (Å²) in [5.41, 5.74) is 2.85. The van der Waals surface area contributed by atoms with Crippen molar-refractivity contribution in [2.45, 2.75) is 0 Å². The van der Waals surface area contributed by atoms with Gasteiger partial charge in [-0.2, -0.15) is 5.10 Å². The van der Waals surface area contributed by atoms with E-state index in [1.165, 1.54) is 6.20 Å². The molecule has 29 heavy (non-hydrogen) atoms. The average Bonchev–Trinajstić information content (AvgIpc) is 3.43. The zero-order valence-corrected chi connectivity index (χ0v) is 15.3. The summed E-state index contributed by atoms with van der Waals surface area (Å²) < 4.78 is 3.51. The maximum atomic E-state index is 12.9. The summed E-state index contributed by atoms with van der Waals surface area (Å²) in [5, 5.41) is 7.14. The number of imidazole rings is 1. The molecule has 0 aliphatic carbocycles. The van der Waals surface area contributed by atoms with Crippen LogP contribution in [-0.2, 0) is 0 Å². The largest absolute Gasteiger partial charge is 0.306 e. The summed E-state index contributed by atoms with van der Waals surface area (Å²) in [6, 6.07) is 20.8. The van der Waals surface area contributed by atoms with Gasteiger partial charge in [0, 0.05) is 30.4 Å². The van der Waals surface area contributed by atoms with Crippen molar-refractivity contribution in [3.63, 3.8) is 0 Å². The monoisotopic (exact) mass is 380 g/mol. The second-order valence-corrected chi connectivity index (χ2v) is 6.41. The Kier molecular flexibility index (Phi) is 4.10. The highest BCUT2D eigenvalue weighted by Gasteiger charge is 2.17. The third-order valence-electron chi connectivity index (χ3n) is 4.56. The van der Waals surface area contributed by atoms with Gasteiger partial charge in [0.15, 0.2) is 5.82 Å². The highest BCUT2D eigenvalue weighted by Crippen LogP contribution is 2.29. The number of fused-ring (bicyclic) bond motifs is 1. The van der Waals surface area contributed by atoms with Crippen LogP contribution in [0.15, 0.2) is 91.5 Å². The van der Waals surface area contributed by atoms with E-state index < -0.39 is 0 Å². The maximum absolute atomic E-state index is 12.9. The van der Waals surface area contributed by atoms with Crippen molar-refractivity contribution in [3.8, 4) is 17.1 Å². The minimum atomic E-state index is -0.257. The van der Waals surface area contributed by atoms with Crippen LogP contribution in [0.4, 0.5) is 5.82 Å². The molecule has 0 radical (unpaired) electrons. The van der Waals surface area contributed by atoms with Gasteiger partial charge in [-0.25, -0.2) is 14.6 Å². The number of pyridine rings is 2. The van der Waals surface area contributed by atoms with Gasteiger partial charge < -0.3 is 5.32 Å². The van der Waals surface area contributed by atoms with Gasteiger partial charge in [-0.3, -0.25) is 9.20 Å². The Balaban J connectivity index is 1.50. The normalized spacial score (nSPS) is 10.9. The van der Waals surface area contributed by atoms with E-state index in [1.807, 2.05) is 65.2 Å². The minimum absolute atomic E-state index is 0.257. The van der Waals surface area contributed by atoms with E-state index >= 15 is 0 Å². The van der Waals surface area contributed by atoms with Crippen molar-refractivity contribution < 1.29 is 4.79 Å². The fourth-order valence-corrected chi connectivity index (χ4v) is 3.15. The number of rotatable bonds is 4. The highest BCUT2D eigenvalue weighted by atomic mass is 16.1. The van der Waals surface area contributed by atoms with Gasteiger partial charge in [-0.15, -0.1) is 0 Å². The SMILES string of the molecule is O=C(Nc1c(-c2ccccc2)nc2ccccn12)c1ccc(-n2cccn2)nc1. The molecular weight excluding hydrogens is 364 g/mol. The van der Waals surface area contributed by atoms with Gasteiger partial charge in [-0.05, 0) is 30.3 Å². The van der Waals surface area contributed by atoms with Crippen LogP contribution in [0.3, 0.4) is 0 Å². The van der Waals surface area contributed by atoms with E-state index in [0.29, 0.717) is 22.9 Å². The first-order chi connectivity index (χ1) is 14.3. The van der Waals surface area contributed by atoms with E-state index in [-0.39, 0.29) is 5.91 Å². The number of nitrogens with one attached hydrogen (secondary N) is 1. The van der Waals surface area contributed by atoms with Gasteiger partial charge in [0.2, 0.25) is 0 Å². The third-order valence-corrected chi connectivity index (χ3v) is 4.56. The molecule has 7 nitrogen and oxygen atoms in total. The molecule has 7 heteroatoms. The third kappa shape index (κ3) is 3.14. The minimum Gasteiger partial charge on any atom is -0.306 e. The lowest BCUT2D eigenvalue weighted by Crippen LogP contribution is -2.14. The first-order valence-corrected chi connectivity index (χ1v) is 9.09. The molecular formula is C22H16N6O. The molecule has 5 aromatic rings. The molecule has 140 valence electrons. The Morgan fingerprint density at radius 1 is 0.897 bits per heavy atom. The molecule has 0 aliphatic rings. The summed E-state index contributed by atoms with van der Waals surface area (Å²) in [7, 11) is 0. The molecule has 1 aromatic carbocycles. The molecule has 0 spiro atoms. The van der Waals surface area contributed by atoms with Crippen LogP contribution in [0.5, 0.6) is 0 Å². The van der Waals surface area contributed by atoms with E-state index in [1.54, 1.807) is 29.2 Å². The molecule has 1 amide bonds. The summed E-state index contributed by atoms with van der Waals surface area (Å²) in [5.74, 6) is 1.01. The summed E-state index contributed by atoms with van der Waals surface area (Å²) in [4.78, 5) is 22.0. The fraction of sp³-hybridized carbons (Fsp3) is 0. The van der Waals surface area contributed by atoms with Crippen molar-refractivity contribution >= 4 is 17.4 Å². The van der Waals surface area contributed by atoms with Gasteiger partial charge in [0.1, 0.15) is 17.2 Å². The smallest absolute Gasteiger partial charge is 0.258 e. The number of anilines is 1. The van der Waals surface area contributed by atoms with Crippen LogP contribution in [0.25, 0.3) is 22.7 Å². The lowest BCUT2D eigenvalue weighted by atomic mass is 10.1. The lowest BCUT2D eigenvalue weighted by Gasteiger charge is -2.08. The van der Waals surface area contributed by atoms with Gasteiger partial charge in [0.05, 0.1) is 5.56 Å². The fourth-order valence-electron chi connectivity index (χ4n) is 3.15. The molecule has 5 rings (SSSR count). The summed E-state index contributed by atoms with van der Waals surface area (Å²) in [6.45, 7) is 0. The zero-order valence-electron chi connectivity index (χ0n) is 15.3. The van der Waals surface area contributed by atoms with Crippen LogP contribution in [0, 0.1) is 0 Å². The average molecular weight is 380 g/mol. The first-order valence-electron chi connectivity index (χ1n) is 9.09. The molecule has 0 atom stereocenters. The van der Waals surface area contributed by atoms with Crippen molar-refractivity contribution in [2.24, 2.45) is 0 Å². The van der Waals surface area contributed by atoms with Crippen LogP contribution in [0.2, 0.25) is 0 Å². The Labute approximate surface area is 166 Å². The van der Waals surface area contributed by atoms with Crippen LogP contribution in [-0.4, -0.2) is 30.1 Å². The molecule has 0 saturated carbocycles. The van der Waals surface area contributed by atoms with Crippen molar-refractivity contribution in [1.29, 1.82) is 0 Å². The number of aromatic nitrogens is 5. The molecule has 0 fully saturated rings. The second kappa shape index (κ2) is 7.05. The number of benzene rings is 1. The summed E-state index contributed by atoms with van der Waals surface area (Å²) >= 11 is 0. The zero-order chi connectivity index (χ0) is 19.6. The first kappa shape index (κ1) is 16.9. The van der Waals surface area contributed by atoms with Crippen molar-refractivity contribution in [3.05, 3.63) is 97.1 Å². The molecule has 1 N–H and O–H groups in total. The standard InChI is InChI=1S/C22H16N6O/c29-22(17-10-11-18(23-15-17)28-14-6-12-24-28)26-21-20(16-7-2-1-3-8-16)25-19-9-4-5-13-27(19)21/h1-15H,(H,26,29). The van der Waals surface area contributed by atoms with Crippen LogP contribution >= 0.6 is 0 Å².